The van der Waals surface area contributed by atoms with Gasteiger partial charge < -0.3 is 10.1 Å². The molecule has 1 heterocycles. The van der Waals surface area contributed by atoms with Crippen LogP contribution in [-0.2, 0) is 11.4 Å². The second-order valence-electron chi connectivity index (χ2n) is 6.17. The fourth-order valence-corrected chi connectivity index (χ4v) is 5.11. The third-order valence-electron chi connectivity index (χ3n) is 4.04. The Kier molecular flexibility index (Phi) is 7.26. The SMILES string of the molecule is CCCN1C(=O)/C(=C/c2cc(I)c(OCc3ccc(F)cc3)c(I)c2)NC1=S. The van der Waals surface area contributed by atoms with Crippen molar-refractivity contribution in [3.8, 4) is 5.75 Å². The highest BCUT2D eigenvalue weighted by Crippen LogP contribution is 2.31. The molecular weight excluding hydrogens is 605 g/mol. The summed E-state index contributed by atoms with van der Waals surface area (Å²) in [4.78, 5) is 14.1. The molecule has 1 N–H and O–H groups in total. The molecule has 0 atom stereocenters. The van der Waals surface area contributed by atoms with Crippen molar-refractivity contribution in [3.05, 3.63) is 66.2 Å². The lowest BCUT2D eigenvalue weighted by atomic mass is 10.2. The Morgan fingerprint density at radius 1 is 1.21 bits per heavy atom. The first-order valence-electron chi connectivity index (χ1n) is 8.60. The summed E-state index contributed by atoms with van der Waals surface area (Å²) in [6.45, 7) is 2.97. The summed E-state index contributed by atoms with van der Waals surface area (Å²) in [5, 5.41) is 3.44. The van der Waals surface area contributed by atoms with Crippen LogP contribution in [-0.4, -0.2) is 22.5 Å². The molecule has 0 bridgehead atoms. The van der Waals surface area contributed by atoms with E-state index in [1.165, 1.54) is 12.1 Å². The molecule has 1 aliphatic rings. The first kappa shape index (κ1) is 21.4. The first-order chi connectivity index (χ1) is 13.4. The third kappa shape index (κ3) is 5.01. The minimum atomic E-state index is -0.266. The van der Waals surface area contributed by atoms with Crippen molar-refractivity contribution >= 4 is 74.5 Å². The van der Waals surface area contributed by atoms with Gasteiger partial charge in [-0.25, -0.2) is 4.39 Å². The number of carbonyl (C=O) groups excluding carboxylic acids is 1. The number of hydrogen-bond donors (Lipinski definition) is 1. The molecule has 2 aromatic carbocycles. The summed E-state index contributed by atoms with van der Waals surface area (Å²) in [6.07, 6.45) is 2.65. The zero-order valence-electron chi connectivity index (χ0n) is 15.0. The maximum atomic E-state index is 13.0. The summed E-state index contributed by atoms with van der Waals surface area (Å²) in [7, 11) is 0. The van der Waals surface area contributed by atoms with Crippen LogP contribution < -0.4 is 10.1 Å². The Bertz CT molecular complexity index is 925. The highest BCUT2D eigenvalue weighted by Gasteiger charge is 2.29. The molecule has 0 spiro atoms. The zero-order valence-corrected chi connectivity index (χ0v) is 20.1. The molecule has 28 heavy (non-hydrogen) atoms. The van der Waals surface area contributed by atoms with E-state index >= 15 is 0 Å². The molecule has 2 aromatic rings. The molecule has 3 rings (SSSR count). The normalized spacial score (nSPS) is 15.3. The highest BCUT2D eigenvalue weighted by atomic mass is 127. The molecule has 0 aliphatic carbocycles. The lowest BCUT2D eigenvalue weighted by Crippen LogP contribution is -2.31. The van der Waals surface area contributed by atoms with Gasteiger partial charge in [0, 0.05) is 6.54 Å². The van der Waals surface area contributed by atoms with E-state index in [0.29, 0.717) is 24.0 Å². The molecule has 8 heteroatoms. The standard InChI is InChI=1S/C20H17FI2N2O2S/c1-2-7-25-19(26)17(24-20(25)28)10-13-8-15(22)18(16(23)9-13)27-11-12-3-5-14(21)6-4-12/h3-6,8-10H,2,7,11H2,1H3,(H,24,28)/b17-10-. The summed E-state index contributed by atoms with van der Waals surface area (Å²) < 4.78 is 20.8. The third-order valence-corrected chi connectivity index (χ3v) is 5.96. The Morgan fingerprint density at radius 2 is 1.86 bits per heavy atom. The predicted octanol–water partition coefficient (Wildman–Crippen LogP) is 5.08. The lowest BCUT2D eigenvalue weighted by molar-refractivity contribution is -0.122. The second-order valence-corrected chi connectivity index (χ2v) is 8.88. The molecule has 0 unspecified atom stereocenters. The molecule has 1 fully saturated rings. The summed E-state index contributed by atoms with van der Waals surface area (Å²) >= 11 is 9.67. The van der Waals surface area contributed by atoms with Gasteiger partial charge in [0.05, 0.1) is 7.14 Å². The van der Waals surface area contributed by atoms with Crippen LogP contribution in [0, 0.1) is 13.0 Å². The highest BCUT2D eigenvalue weighted by molar-refractivity contribution is 14.1. The monoisotopic (exact) mass is 622 g/mol. The Hall–Kier alpha value is -1.27. The lowest BCUT2D eigenvalue weighted by Gasteiger charge is -2.12. The largest absolute Gasteiger partial charge is 0.487 e. The predicted molar refractivity (Wildman–Crippen MR) is 128 cm³/mol. The van der Waals surface area contributed by atoms with Gasteiger partial charge in [-0.2, -0.15) is 0 Å². The van der Waals surface area contributed by atoms with Crippen molar-refractivity contribution in [3.63, 3.8) is 0 Å². The number of nitrogens with zero attached hydrogens (tertiary/aromatic N) is 1. The number of halogens is 3. The van der Waals surface area contributed by atoms with Gasteiger partial charge in [0.1, 0.15) is 23.9 Å². The van der Waals surface area contributed by atoms with Gasteiger partial charge in [0.2, 0.25) is 0 Å². The number of carbonyl (C=O) groups is 1. The van der Waals surface area contributed by atoms with E-state index in [-0.39, 0.29) is 11.7 Å². The van der Waals surface area contributed by atoms with Crippen LogP contribution >= 0.6 is 57.4 Å². The van der Waals surface area contributed by atoms with Gasteiger partial charge in [-0.05, 0) is 105 Å². The maximum absolute atomic E-state index is 13.0. The van der Waals surface area contributed by atoms with Gasteiger partial charge in [0.25, 0.3) is 5.91 Å². The number of hydrogen-bond acceptors (Lipinski definition) is 3. The molecule has 0 aromatic heterocycles. The number of benzene rings is 2. The fourth-order valence-electron chi connectivity index (χ4n) is 2.70. The number of amides is 1. The topological polar surface area (TPSA) is 41.6 Å². The molecule has 0 saturated carbocycles. The van der Waals surface area contributed by atoms with Crippen LogP contribution in [0.15, 0.2) is 42.1 Å². The van der Waals surface area contributed by atoms with Gasteiger partial charge in [-0.1, -0.05) is 19.1 Å². The summed E-state index contributed by atoms with van der Waals surface area (Å²) in [6, 6.07) is 10.2. The Morgan fingerprint density at radius 3 is 2.46 bits per heavy atom. The molecule has 4 nitrogen and oxygen atoms in total. The molecular formula is C20H17FI2N2O2S. The van der Waals surface area contributed by atoms with Crippen LogP contribution in [0.5, 0.6) is 5.75 Å². The van der Waals surface area contributed by atoms with E-state index in [4.69, 9.17) is 17.0 Å². The van der Waals surface area contributed by atoms with Gasteiger partial charge in [0.15, 0.2) is 5.11 Å². The minimum absolute atomic E-state index is 0.103. The average Bonchev–Trinajstić information content (AvgIpc) is 2.90. The van der Waals surface area contributed by atoms with Crippen molar-refractivity contribution in [1.82, 2.24) is 10.2 Å². The Labute approximate surface area is 195 Å². The van der Waals surface area contributed by atoms with E-state index in [2.05, 4.69) is 50.5 Å². The number of nitrogens with one attached hydrogen (secondary N) is 1. The molecule has 146 valence electrons. The first-order valence-corrected chi connectivity index (χ1v) is 11.2. The summed E-state index contributed by atoms with van der Waals surface area (Å²) in [5.74, 6) is 0.396. The van der Waals surface area contributed by atoms with Crippen molar-refractivity contribution in [1.29, 1.82) is 0 Å². The van der Waals surface area contributed by atoms with E-state index < -0.39 is 0 Å². The Balaban J connectivity index is 1.77. The fraction of sp³-hybridized carbons (Fsp3) is 0.200. The number of rotatable bonds is 6. The van der Waals surface area contributed by atoms with E-state index in [9.17, 15) is 9.18 Å². The van der Waals surface area contributed by atoms with E-state index in [1.807, 2.05) is 19.1 Å². The van der Waals surface area contributed by atoms with Gasteiger partial charge in [-0.15, -0.1) is 0 Å². The average molecular weight is 622 g/mol. The zero-order chi connectivity index (χ0) is 20.3. The molecule has 1 saturated heterocycles. The van der Waals surface area contributed by atoms with Crippen molar-refractivity contribution in [2.24, 2.45) is 0 Å². The van der Waals surface area contributed by atoms with Crippen molar-refractivity contribution < 1.29 is 13.9 Å². The maximum Gasteiger partial charge on any atom is 0.276 e. The molecule has 1 aliphatic heterocycles. The van der Waals surface area contributed by atoms with Crippen LogP contribution in [0.3, 0.4) is 0 Å². The van der Waals surface area contributed by atoms with Gasteiger partial charge >= 0.3 is 0 Å². The second kappa shape index (κ2) is 9.49. The van der Waals surface area contributed by atoms with Crippen LogP contribution in [0.2, 0.25) is 0 Å². The number of ether oxygens (including phenoxy) is 1. The van der Waals surface area contributed by atoms with Crippen LogP contribution in [0.1, 0.15) is 24.5 Å². The minimum Gasteiger partial charge on any atom is -0.487 e. The van der Waals surface area contributed by atoms with E-state index in [0.717, 1.165) is 30.4 Å². The quantitative estimate of drug-likeness (QED) is 0.278. The van der Waals surface area contributed by atoms with Crippen molar-refractivity contribution in [2.75, 3.05) is 6.54 Å². The molecule has 0 radical (unpaired) electrons. The molecule has 1 amide bonds. The number of thiocarbonyl (C=S) groups is 1. The van der Waals surface area contributed by atoms with E-state index in [1.54, 1.807) is 23.1 Å². The summed E-state index contributed by atoms with van der Waals surface area (Å²) in [5.41, 5.74) is 2.26. The smallest absolute Gasteiger partial charge is 0.276 e. The van der Waals surface area contributed by atoms with Crippen LogP contribution in [0.4, 0.5) is 4.39 Å². The van der Waals surface area contributed by atoms with Gasteiger partial charge in [-0.3, -0.25) is 9.69 Å². The van der Waals surface area contributed by atoms with Crippen molar-refractivity contribution in [2.45, 2.75) is 20.0 Å². The van der Waals surface area contributed by atoms with Crippen LogP contribution in [0.25, 0.3) is 6.08 Å².